The van der Waals surface area contributed by atoms with Crippen LogP contribution in [-0.4, -0.2) is 38.5 Å². The Balaban J connectivity index is 1.99. The van der Waals surface area contributed by atoms with E-state index in [0.717, 1.165) is 24.6 Å². The fourth-order valence-electron chi connectivity index (χ4n) is 1.94. The van der Waals surface area contributed by atoms with Gasteiger partial charge in [-0.15, -0.1) is 10.2 Å². The minimum atomic E-state index is 0.324. The van der Waals surface area contributed by atoms with Crippen LogP contribution >= 0.6 is 0 Å². The number of piperidine rings is 1. The molecule has 0 spiro atoms. The van der Waals surface area contributed by atoms with Crippen molar-refractivity contribution in [3.8, 4) is 0 Å². The van der Waals surface area contributed by atoms with Crippen molar-refractivity contribution in [3.05, 3.63) is 18.7 Å². The van der Waals surface area contributed by atoms with Crippen LogP contribution in [0.5, 0.6) is 0 Å². The maximum atomic E-state index is 11.2. The first-order chi connectivity index (χ1) is 7.84. The molecule has 0 bridgehead atoms. The standard InChI is InChI=1S/C10H11N5O/c16-8-1-4-14(5-2-8)9-10-13-12-7-15(10)6-3-11-9/h3,6-7H,1-2,4-5H2. The second-order valence-electron chi connectivity index (χ2n) is 3.84. The summed E-state index contributed by atoms with van der Waals surface area (Å²) in [5.74, 6) is 1.14. The van der Waals surface area contributed by atoms with Gasteiger partial charge in [-0.3, -0.25) is 9.20 Å². The number of nitrogens with zero attached hydrogens (tertiary/aromatic N) is 5. The summed E-state index contributed by atoms with van der Waals surface area (Å²) in [6.45, 7) is 1.44. The zero-order valence-electron chi connectivity index (χ0n) is 8.70. The Morgan fingerprint density at radius 2 is 2.06 bits per heavy atom. The van der Waals surface area contributed by atoms with Crippen molar-refractivity contribution in [1.82, 2.24) is 19.6 Å². The summed E-state index contributed by atoms with van der Waals surface area (Å²) in [6.07, 6.45) is 6.37. The van der Waals surface area contributed by atoms with Crippen LogP contribution in [0.1, 0.15) is 12.8 Å². The van der Waals surface area contributed by atoms with Gasteiger partial charge >= 0.3 is 0 Å². The molecule has 0 atom stereocenters. The highest BCUT2D eigenvalue weighted by molar-refractivity contribution is 5.81. The van der Waals surface area contributed by atoms with E-state index in [1.165, 1.54) is 0 Å². The molecule has 16 heavy (non-hydrogen) atoms. The van der Waals surface area contributed by atoms with Gasteiger partial charge in [-0.1, -0.05) is 0 Å². The van der Waals surface area contributed by atoms with Crippen LogP contribution in [0.25, 0.3) is 5.65 Å². The third-order valence-corrected chi connectivity index (χ3v) is 2.82. The number of hydrogen-bond acceptors (Lipinski definition) is 5. The highest BCUT2D eigenvalue weighted by Crippen LogP contribution is 2.19. The van der Waals surface area contributed by atoms with Crippen molar-refractivity contribution in [2.75, 3.05) is 18.0 Å². The summed E-state index contributed by atoms with van der Waals surface area (Å²) in [6, 6.07) is 0. The fraction of sp³-hybridized carbons (Fsp3) is 0.400. The van der Waals surface area contributed by atoms with Gasteiger partial charge in [0.05, 0.1) is 0 Å². The number of fused-ring (bicyclic) bond motifs is 1. The molecular weight excluding hydrogens is 206 g/mol. The van der Waals surface area contributed by atoms with Gasteiger partial charge in [-0.2, -0.15) is 0 Å². The third-order valence-electron chi connectivity index (χ3n) is 2.82. The van der Waals surface area contributed by atoms with Gasteiger partial charge in [0.15, 0.2) is 5.82 Å². The van der Waals surface area contributed by atoms with Crippen molar-refractivity contribution >= 4 is 17.2 Å². The molecule has 0 radical (unpaired) electrons. The predicted molar refractivity (Wildman–Crippen MR) is 57.2 cm³/mol. The Bertz CT molecular complexity index is 525. The second kappa shape index (κ2) is 3.55. The number of carbonyl (C=O) groups is 1. The smallest absolute Gasteiger partial charge is 0.203 e. The lowest BCUT2D eigenvalue weighted by Gasteiger charge is -2.26. The Morgan fingerprint density at radius 1 is 1.25 bits per heavy atom. The molecule has 0 aliphatic carbocycles. The lowest BCUT2D eigenvalue weighted by molar-refractivity contribution is -0.119. The molecule has 0 N–H and O–H groups in total. The summed E-state index contributed by atoms with van der Waals surface area (Å²) in [4.78, 5) is 17.6. The lowest BCUT2D eigenvalue weighted by atomic mass is 10.1. The predicted octanol–water partition coefficient (Wildman–Crippen LogP) is 0.294. The average Bonchev–Trinajstić information content (AvgIpc) is 2.78. The first-order valence-electron chi connectivity index (χ1n) is 5.25. The molecule has 0 saturated carbocycles. The minimum absolute atomic E-state index is 0.324. The number of rotatable bonds is 1. The Labute approximate surface area is 91.9 Å². The SMILES string of the molecule is O=C1CCN(c2nccn3cnnc23)CC1. The average molecular weight is 217 g/mol. The molecule has 0 unspecified atom stereocenters. The van der Waals surface area contributed by atoms with Gasteiger partial charge in [-0.05, 0) is 0 Å². The number of ketones is 1. The summed E-state index contributed by atoms with van der Waals surface area (Å²) >= 11 is 0. The number of Topliss-reactive ketones (excluding diaryl/α,β-unsaturated/α-hetero) is 1. The van der Waals surface area contributed by atoms with Crippen LogP contribution in [0.4, 0.5) is 5.82 Å². The molecule has 1 fully saturated rings. The van der Waals surface area contributed by atoms with E-state index >= 15 is 0 Å². The summed E-state index contributed by atoms with van der Waals surface area (Å²) in [5.41, 5.74) is 0.747. The van der Waals surface area contributed by atoms with Crippen molar-refractivity contribution in [2.24, 2.45) is 0 Å². The normalized spacial score (nSPS) is 17.0. The van der Waals surface area contributed by atoms with Crippen LogP contribution in [-0.2, 0) is 4.79 Å². The summed E-state index contributed by atoms with van der Waals surface area (Å²) < 4.78 is 1.83. The zero-order valence-corrected chi connectivity index (χ0v) is 8.70. The van der Waals surface area contributed by atoms with Crippen LogP contribution < -0.4 is 4.90 Å². The van der Waals surface area contributed by atoms with Crippen molar-refractivity contribution in [3.63, 3.8) is 0 Å². The van der Waals surface area contributed by atoms with Gasteiger partial charge in [0, 0.05) is 38.3 Å². The molecule has 6 heteroatoms. The van der Waals surface area contributed by atoms with Gasteiger partial charge in [-0.25, -0.2) is 4.98 Å². The minimum Gasteiger partial charge on any atom is -0.353 e. The van der Waals surface area contributed by atoms with E-state index < -0.39 is 0 Å². The molecule has 6 nitrogen and oxygen atoms in total. The van der Waals surface area contributed by atoms with Crippen LogP contribution in [0.2, 0.25) is 0 Å². The van der Waals surface area contributed by atoms with Crippen molar-refractivity contribution < 1.29 is 4.79 Å². The maximum Gasteiger partial charge on any atom is 0.203 e. The van der Waals surface area contributed by atoms with Gasteiger partial charge in [0.1, 0.15) is 12.1 Å². The number of carbonyl (C=O) groups excluding carboxylic acids is 1. The Morgan fingerprint density at radius 3 is 2.88 bits per heavy atom. The molecule has 0 amide bonds. The molecular formula is C10H11N5O. The molecule has 3 rings (SSSR count). The number of aromatic nitrogens is 4. The first-order valence-corrected chi connectivity index (χ1v) is 5.25. The summed E-state index contributed by atoms with van der Waals surface area (Å²) in [7, 11) is 0. The Hall–Kier alpha value is -1.98. The molecule has 1 aliphatic rings. The molecule has 1 aliphatic heterocycles. The molecule has 2 aromatic rings. The maximum absolute atomic E-state index is 11.2. The van der Waals surface area contributed by atoms with E-state index in [-0.39, 0.29) is 0 Å². The third kappa shape index (κ3) is 1.42. The van der Waals surface area contributed by atoms with E-state index in [2.05, 4.69) is 20.1 Å². The van der Waals surface area contributed by atoms with Crippen molar-refractivity contribution in [1.29, 1.82) is 0 Å². The van der Waals surface area contributed by atoms with E-state index in [0.29, 0.717) is 18.6 Å². The van der Waals surface area contributed by atoms with Gasteiger partial charge in [0.2, 0.25) is 5.65 Å². The first kappa shape index (κ1) is 9.26. The van der Waals surface area contributed by atoms with Crippen LogP contribution in [0.3, 0.4) is 0 Å². The van der Waals surface area contributed by atoms with E-state index in [4.69, 9.17) is 0 Å². The second-order valence-corrected chi connectivity index (χ2v) is 3.84. The number of hydrogen-bond donors (Lipinski definition) is 0. The lowest BCUT2D eigenvalue weighted by Crippen LogP contribution is -2.34. The molecule has 3 heterocycles. The van der Waals surface area contributed by atoms with Crippen LogP contribution in [0, 0.1) is 0 Å². The topological polar surface area (TPSA) is 63.4 Å². The Kier molecular flexibility index (Phi) is 2.05. The van der Waals surface area contributed by atoms with E-state index in [9.17, 15) is 4.79 Å². The fourth-order valence-corrected chi connectivity index (χ4v) is 1.94. The quantitative estimate of drug-likeness (QED) is 0.687. The van der Waals surface area contributed by atoms with Gasteiger partial charge < -0.3 is 4.90 Å². The van der Waals surface area contributed by atoms with Crippen molar-refractivity contribution in [2.45, 2.75) is 12.8 Å². The molecule has 1 saturated heterocycles. The van der Waals surface area contributed by atoms with Gasteiger partial charge in [0.25, 0.3) is 0 Å². The monoisotopic (exact) mass is 217 g/mol. The molecule has 0 aromatic carbocycles. The molecule has 2 aromatic heterocycles. The number of anilines is 1. The molecule has 82 valence electrons. The largest absolute Gasteiger partial charge is 0.353 e. The highest BCUT2D eigenvalue weighted by atomic mass is 16.1. The highest BCUT2D eigenvalue weighted by Gasteiger charge is 2.19. The van der Waals surface area contributed by atoms with E-state index in [1.807, 2.05) is 10.6 Å². The van der Waals surface area contributed by atoms with Crippen LogP contribution in [0.15, 0.2) is 18.7 Å². The van der Waals surface area contributed by atoms with E-state index in [1.54, 1.807) is 12.5 Å². The summed E-state index contributed by atoms with van der Waals surface area (Å²) in [5, 5.41) is 7.89. The zero-order chi connectivity index (χ0) is 11.0.